The van der Waals surface area contributed by atoms with Crippen LogP contribution in [-0.4, -0.2) is 4.98 Å². The highest BCUT2D eigenvalue weighted by molar-refractivity contribution is 5.64. The summed E-state index contributed by atoms with van der Waals surface area (Å²) in [5.74, 6) is -0.750. The molecule has 0 spiro atoms. The van der Waals surface area contributed by atoms with Crippen LogP contribution in [0.3, 0.4) is 0 Å². The van der Waals surface area contributed by atoms with Gasteiger partial charge in [0.25, 0.3) is 6.43 Å². The molecule has 0 radical (unpaired) electrons. The summed E-state index contributed by atoms with van der Waals surface area (Å²) in [5, 5.41) is 0. The van der Waals surface area contributed by atoms with Crippen molar-refractivity contribution in [3.05, 3.63) is 17.3 Å². The van der Waals surface area contributed by atoms with Gasteiger partial charge in [-0.25, -0.2) is 13.8 Å². The molecule has 4 N–H and O–H groups in total. The first kappa shape index (κ1) is 11.5. The van der Waals surface area contributed by atoms with E-state index >= 15 is 0 Å². The molecule has 0 saturated carbocycles. The molecule has 15 heavy (non-hydrogen) atoms. The number of hydrogen-bond acceptors (Lipinski definition) is 3. The molecule has 3 nitrogen and oxygen atoms in total. The number of anilines is 2. The van der Waals surface area contributed by atoms with Gasteiger partial charge in [0.1, 0.15) is 11.5 Å². The van der Waals surface area contributed by atoms with Crippen LogP contribution in [0.1, 0.15) is 17.7 Å². The van der Waals surface area contributed by atoms with E-state index in [2.05, 4.69) is 4.98 Å². The van der Waals surface area contributed by atoms with Crippen LogP contribution >= 0.6 is 0 Å². The molecule has 0 amide bonds. The Bertz CT molecular complexity index is 374. The minimum Gasteiger partial charge on any atom is -0.395 e. The smallest absolute Gasteiger partial charge is 0.395 e. The summed E-state index contributed by atoms with van der Waals surface area (Å²) >= 11 is 0. The number of pyridine rings is 1. The molecule has 1 aromatic rings. The Labute approximate surface area is 80.9 Å². The van der Waals surface area contributed by atoms with Crippen LogP contribution in [-0.2, 0) is 6.18 Å². The fourth-order valence-electron chi connectivity index (χ4n) is 0.942. The van der Waals surface area contributed by atoms with E-state index in [0.29, 0.717) is 0 Å². The number of alkyl halides is 5. The van der Waals surface area contributed by atoms with Gasteiger partial charge in [-0.2, -0.15) is 13.2 Å². The number of nitrogens with zero attached hydrogens (tertiary/aromatic N) is 1. The predicted molar refractivity (Wildman–Crippen MR) is 43.0 cm³/mol. The first-order chi connectivity index (χ1) is 6.73. The van der Waals surface area contributed by atoms with Gasteiger partial charge >= 0.3 is 6.18 Å². The van der Waals surface area contributed by atoms with E-state index in [1.165, 1.54) is 0 Å². The summed E-state index contributed by atoms with van der Waals surface area (Å²) in [7, 11) is 0. The third-order valence-corrected chi connectivity index (χ3v) is 1.64. The van der Waals surface area contributed by atoms with Gasteiger partial charge in [0, 0.05) is 0 Å². The average molecular weight is 227 g/mol. The van der Waals surface area contributed by atoms with Crippen molar-refractivity contribution in [1.29, 1.82) is 0 Å². The van der Waals surface area contributed by atoms with Crippen molar-refractivity contribution in [2.45, 2.75) is 12.6 Å². The number of aromatic nitrogens is 1. The van der Waals surface area contributed by atoms with Crippen LogP contribution in [0, 0.1) is 0 Å². The summed E-state index contributed by atoms with van der Waals surface area (Å²) in [6, 6.07) is 0.191. The van der Waals surface area contributed by atoms with Gasteiger partial charge in [-0.3, -0.25) is 0 Å². The Morgan fingerprint density at radius 1 is 1.20 bits per heavy atom. The van der Waals surface area contributed by atoms with E-state index in [1.807, 2.05) is 0 Å². The number of halogens is 5. The van der Waals surface area contributed by atoms with E-state index in [0.717, 1.165) is 0 Å². The van der Waals surface area contributed by atoms with Crippen LogP contribution in [0.2, 0.25) is 0 Å². The zero-order chi connectivity index (χ0) is 11.8. The van der Waals surface area contributed by atoms with Gasteiger partial charge < -0.3 is 11.5 Å². The third-order valence-electron chi connectivity index (χ3n) is 1.64. The first-order valence-electron chi connectivity index (χ1n) is 3.64. The fourth-order valence-corrected chi connectivity index (χ4v) is 0.942. The van der Waals surface area contributed by atoms with Gasteiger partial charge in [-0.1, -0.05) is 0 Å². The highest BCUT2D eigenvalue weighted by atomic mass is 19.4. The number of rotatable bonds is 1. The lowest BCUT2D eigenvalue weighted by Gasteiger charge is -2.12. The number of nitrogens with two attached hydrogens (primary N) is 2. The molecule has 1 heterocycles. The first-order valence-corrected chi connectivity index (χ1v) is 3.64. The largest absolute Gasteiger partial charge is 0.418 e. The molecule has 0 aliphatic carbocycles. The Balaban J connectivity index is 3.38. The van der Waals surface area contributed by atoms with E-state index < -0.39 is 35.4 Å². The molecule has 0 aliphatic heterocycles. The van der Waals surface area contributed by atoms with Gasteiger partial charge in [-0.05, 0) is 6.07 Å². The average Bonchev–Trinajstić information content (AvgIpc) is 2.06. The minimum absolute atomic E-state index is 0.191. The Morgan fingerprint density at radius 3 is 2.13 bits per heavy atom. The van der Waals surface area contributed by atoms with Crippen LogP contribution in [0.25, 0.3) is 0 Å². The summed E-state index contributed by atoms with van der Waals surface area (Å²) in [5.41, 5.74) is 6.69. The molecular formula is C7H6F5N3. The zero-order valence-electron chi connectivity index (χ0n) is 7.15. The lowest BCUT2D eigenvalue weighted by Crippen LogP contribution is -2.13. The van der Waals surface area contributed by atoms with Crippen molar-refractivity contribution in [3.8, 4) is 0 Å². The molecule has 1 rings (SSSR count). The summed E-state index contributed by atoms with van der Waals surface area (Å²) < 4.78 is 61.0. The molecule has 0 aromatic carbocycles. The van der Waals surface area contributed by atoms with E-state index in [4.69, 9.17) is 11.5 Å². The normalized spacial score (nSPS) is 12.1. The highest BCUT2D eigenvalue weighted by Gasteiger charge is 2.35. The number of hydrogen-bond donors (Lipinski definition) is 2. The quantitative estimate of drug-likeness (QED) is 0.723. The molecule has 0 atom stereocenters. The molecule has 0 bridgehead atoms. The maximum Gasteiger partial charge on any atom is 0.418 e. The third kappa shape index (κ3) is 2.25. The SMILES string of the molecule is Nc1nc(C(F)F)cc(C(F)(F)F)c1N. The van der Waals surface area contributed by atoms with Crippen LogP contribution in [0.5, 0.6) is 0 Å². The molecule has 0 fully saturated rings. The Hall–Kier alpha value is -1.60. The Morgan fingerprint density at radius 2 is 1.73 bits per heavy atom. The summed E-state index contributed by atoms with van der Waals surface area (Å²) in [6.07, 6.45) is -7.96. The maximum absolute atomic E-state index is 12.3. The molecule has 1 aromatic heterocycles. The van der Waals surface area contributed by atoms with Gasteiger partial charge in [0.05, 0.1) is 11.3 Å². The van der Waals surface area contributed by atoms with E-state index in [9.17, 15) is 22.0 Å². The van der Waals surface area contributed by atoms with Crippen molar-refractivity contribution in [3.63, 3.8) is 0 Å². The van der Waals surface area contributed by atoms with Crippen molar-refractivity contribution < 1.29 is 22.0 Å². The molecular weight excluding hydrogens is 221 g/mol. The fraction of sp³-hybridized carbons (Fsp3) is 0.286. The topological polar surface area (TPSA) is 64.9 Å². The van der Waals surface area contributed by atoms with Crippen LogP contribution < -0.4 is 11.5 Å². The highest BCUT2D eigenvalue weighted by Crippen LogP contribution is 2.37. The lowest BCUT2D eigenvalue weighted by molar-refractivity contribution is -0.137. The van der Waals surface area contributed by atoms with Gasteiger partial charge in [0.15, 0.2) is 0 Å². The van der Waals surface area contributed by atoms with Gasteiger partial charge in [0.2, 0.25) is 0 Å². The van der Waals surface area contributed by atoms with Crippen molar-refractivity contribution in [2.24, 2.45) is 0 Å². The molecule has 0 unspecified atom stereocenters. The minimum atomic E-state index is -4.83. The van der Waals surface area contributed by atoms with Crippen molar-refractivity contribution >= 4 is 11.5 Å². The standard InChI is InChI=1S/C7H6F5N3/c8-5(9)3-1-2(7(10,11)12)4(13)6(14)15-3/h1,5H,13H2,(H2,14,15). The van der Waals surface area contributed by atoms with Crippen LogP contribution in [0.15, 0.2) is 6.07 Å². The molecule has 0 saturated heterocycles. The number of nitrogen functional groups attached to an aromatic ring is 2. The molecule has 84 valence electrons. The van der Waals surface area contributed by atoms with Crippen LogP contribution in [0.4, 0.5) is 33.5 Å². The predicted octanol–water partition coefficient (Wildman–Crippen LogP) is 2.20. The maximum atomic E-state index is 12.3. The van der Waals surface area contributed by atoms with E-state index in [-0.39, 0.29) is 6.07 Å². The molecule has 0 aliphatic rings. The van der Waals surface area contributed by atoms with E-state index in [1.54, 1.807) is 0 Å². The lowest BCUT2D eigenvalue weighted by atomic mass is 10.1. The second kappa shape index (κ2) is 3.52. The second-order valence-corrected chi connectivity index (χ2v) is 2.69. The van der Waals surface area contributed by atoms with Crippen molar-refractivity contribution in [1.82, 2.24) is 4.98 Å². The monoisotopic (exact) mass is 227 g/mol. The summed E-state index contributed by atoms with van der Waals surface area (Å²) in [4.78, 5) is 3.05. The van der Waals surface area contributed by atoms with Gasteiger partial charge in [-0.15, -0.1) is 0 Å². The molecule has 8 heteroatoms. The Kier molecular flexibility index (Phi) is 2.69. The summed E-state index contributed by atoms with van der Waals surface area (Å²) in [6.45, 7) is 0. The second-order valence-electron chi connectivity index (χ2n) is 2.69. The zero-order valence-corrected chi connectivity index (χ0v) is 7.15. The van der Waals surface area contributed by atoms with Crippen molar-refractivity contribution in [2.75, 3.05) is 11.5 Å².